The Labute approximate surface area is 119 Å². The molecule has 0 aliphatic carbocycles. The fourth-order valence-electron chi connectivity index (χ4n) is 0.447. The molecule has 62 valence electrons. The van der Waals surface area contributed by atoms with Gasteiger partial charge in [-0.3, -0.25) is 0 Å². The quantitative estimate of drug-likeness (QED) is 0.525. The Morgan fingerprint density at radius 3 is 2.58 bits per heavy atom. The fourth-order valence-corrected chi connectivity index (χ4v) is 1.92. The molecule has 0 fully saturated rings. The van der Waals surface area contributed by atoms with Gasteiger partial charge in [0.05, 0.1) is 0 Å². The van der Waals surface area contributed by atoms with Crippen molar-refractivity contribution in [3.05, 3.63) is 11.6 Å². The summed E-state index contributed by atoms with van der Waals surface area (Å²) in [6.45, 7) is -4.68. The molecule has 1 rings (SSSR count). The van der Waals surface area contributed by atoms with Crippen LogP contribution in [0.5, 0.6) is 0 Å². The first-order valence-corrected chi connectivity index (χ1v) is 4.68. The van der Waals surface area contributed by atoms with Crippen LogP contribution in [-0.2, 0) is 0 Å². The molecular formula is C4H4BF3KNS2. The number of nitrogens with zero attached hydrogens (tertiary/aromatic N) is 1. The number of thioether (sulfide) groups is 1. The van der Waals surface area contributed by atoms with Gasteiger partial charge in [-0.25, -0.2) is 4.98 Å². The van der Waals surface area contributed by atoms with Gasteiger partial charge in [0.25, 0.3) is 0 Å². The summed E-state index contributed by atoms with van der Waals surface area (Å²) in [7, 11) is 0. The Bertz CT molecular complexity index is 215. The van der Waals surface area contributed by atoms with E-state index in [2.05, 4.69) is 4.98 Å². The van der Waals surface area contributed by atoms with E-state index in [9.17, 15) is 12.9 Å². The van der Waals surface area contributed by atoms with Crippen LogP contribution in [0.2, 0.25) is 0 Å². The third-order valence-electron chi connectivity index (χ3n) is 0.805. The van der Waals surface area contributed by atoms with Crippen LogP contribution in [-0.4, -0.2) is 17.6 Å². The second-order valence-electron chi connectivity index (χ2n) is 1.82. The second kappa shape index (κ2) is 6.05. The van der Waals surface area contributed by atoms with E-state index in [4.69, 9.17) is 0 Å². The summed E-state index contributed by atoms with van der Waals surface area (Å²) in [6.07, 6.45) is 1.50. The SMILES string of the molecule is F[B-](F)(F)CSc1nccs1.[K+]. The van der Waals surface area contributed by atoms with Gasteiger partial charge in [-0.2, -0.15) is 0 Å². The third kappa shape index (κ3) is 6.01. The average Bonchev–Trinajstić information content (AvgIpc) is 2.32. The van der Waals surface area contributed by atoms with Gasteiger partial charge >= 0.3 is 58.4 Å². The van der Waals surface area contributed by atoms with Gasteiger partial charge in [-0.1, -0.05) is 0 Å². The predicted octanol–water partition coefficient (Wildman–Crippen LogP) is -0.374. The topological polar surface area (TPSA) is 12.9 Å². The summed E-state index contributed by atoms with van der Waals surface area (Å²) in [4.78, 5) is 3.71. The minimum absolute atomic E-state index is 0. The minimum Gasteiger partial charge on any atom is -0.448 e. The van der Waals surface area contributed by atoms with E-state index in [0.29, 0.717) is 4.34 Å². The van der Waals surface area contributed by atoms with Crippen LogP contribution in [0, 0.1) is 0 Å². The molecule has 1 aromatic rings. The maximum absolute atomic E-state index is 11.7. The molecule has 12 heavy (non-hydrogen) atoms. The molecule has 0 aliphatic heterocycles. The summed E-state index contributed by atoms with van der Waals surface area (Å²) in [5, 5.41) is 1.66. The van der Waals surface area contributed by atoms with E-state index in [1.165, 1.54) is 17.5 Å². The Morgan fingerprint density at radius 1 is 1.50 bits per heavy atom. The number of thiazole rings is 1. The fraction of sp³-hybridized carbons (Fsp3) is 0.250. The van der Waals surface area contributed by atoms with E-state index in [1.807, 2.05) is 0 Å². The van der Waals surface area contributed by atoms with Gasteiger partial charge < -0.3 is 12.9 Å². The van der Waals surface area contributed by atoms with E-state index >= 15 is 0 Å². The molecule has 0 atom stereocenters. The van der Waals surface area contributed by atoms with Crippen molar-refractivity contribution in [1.82, 2.24) is 4.98 Å². The van der Waals surface area contributed by atoms with Gasteiger partial charge in [0.15, 0.2) is 0 Å². The zero-order valence-corrected chi connectivity index (χ0v) is 11.1. The molecule has 0 saturated carbocycles. The average molecular weight is 237 g/mol. The second-order valence-corrected chi connectivity index (χ2v) is 3.98. The van der Waals surface area contributed by atoms with E-state index in [0.717, 1.165) is 11.8 Å². The summed E-state index contributed by atoms with van der Waals surface area (Å²) >= 11 is 1.97. The van der Waals surface area contributed by atoms with Crippen molar-refractivity contribution < 1.29 is 64.3 Å². The Balaban J connectivity index is 0.00000121. The Hall–Kier alpha value is 1.47. The molecule has 1 nitrogen and oxygen atoms in total. The molecule has 0 aliphatic rings. The molecule has 0 N–H and O–H groups in total. The standard InChI is InChI=1S/C4H4BF3NS2.K/c6-5(7,8)3-11-4-9-1-2-10-4;/h1-2H,3H2;/q-1;+1. The first-order chi connectivity index (χ1) is 5.08. The largest absolute Gasteiger partial charge is 1.00 e. The molecule has 0 bridgehead atoms. The first kappa shape index (κ1) is 13.5. The molecular weight excluding hydrogens is 233 g/mol. The van der Waals surface area contributed by atoms with Crippen molar-refractivity contribution in [2.45, 2.75) is 4.34 Å². The molecule has 0 amide bonds. The Morgan fingerprint density at radius 2 is 2.17 bits per heavy atom. The summed E-state index contributed by atoms with van der Waals surface area (Å²) in [5.41, 5.74) is -0.798. The number of rotatable bonds is 3. The van der Waals surface area contributed by atoms with Crippen LogP contribution in [0.3, 0.4) is 0 Å². The zero-order chi connectivity index (χ0) is 8.32. The molecule has 0 radical (unpaired) electrons. The molecule has 1 heterocycles. The van der Waals surface area contributed by atoms with Gasteiger partial charge in [-0.15, -0.1) is 23.1 Å². The number of aromatic nitrogens is 1. The van der Waals surface area contributed by atoms with Crippen molar-refractivity contribution >= 4 is 30.1 Å². The summed E-state index contributed by atoms with van der Waals surface area (Å²) in [5.74, 6) is 0. The van der Waals surface area contributed by atoms with Crippen LogP contribution >= 0.6 is 23.1 Å². The maximum atomic E-state index is 11.7. The number of hydrogen-bond donors (Lipinski definition) is 0. The van der Waals surface area contributed by atoms with E-state index < -0.39 is 12.6 Å². The molecule has 0 unspecified atom stereocenters. The van der Waals surface area contributed by atoms with Crippen molar-refractivity contribution in [3.63, 3.8) is 0 Å². The van der Waals surface area contributed by atoms with Gasteiger partial charge in [0.2, 0.25) is 0 Å². The van der Waals surface area contributed by atoms with E-state index in [-0.39, 0.29) is 51.4 Å². The Kier molecular flexibility index (Phi) is 6.79. The summed E-state index contributed by atoms with van der Waals surface area (Å²) in [6, 6.07) is 0. The van der Waals surface area contributed by atoms with Crippen molar-refractivity contribution in [2.75, 3.05) is 5.65 Å². The monoisotopic (exact) mass is 237 g/mol. The smallest absolute Gasteiger partial charge is 0.448 e. The third-order valence-corrected chi connectivity index (χ3v) is 2.91. The zero-order valence-electron chi connectivity index (χ0n) is 6.34. The maximum Gasteiger partial charge on any atom is 1.00 e. The normalized spacial score (nSPS) is 10.9. The van der Waals surface area contributed by atoms with Crippen LogP contribution in [0.4, 0.5) is 12.9 Å². The van der Waals surface area contributed by atoms with Crippen molar-refractivity contribution in [2.24, 2.45) is 0 Å². The van der Waals surface area contributed by atoms with Crippen molar-refractivity contribution in [1.29, 1.82) is 0 Å². The van der Waals surface area contributed by atoms with Crippen LogP contribution in [0.15, 0.2) is 15.9 Å². The molecule has 0 saturated heterocycles. The first-order valence-electron chi connectivity index (χ1n) is 2.81. The van der Waals surface area contributed by atoms with Gasteiger partial charge in [0, 0.05) is 11.6 Å². The predicted molar refractivity (Wildman–Crippen MR) is 41.9 cm³/mol. The van der Waals surface area contributed by atoms with Crippen LogP contribution in [0.1, 0.15) is 0 Å². The molecule has 8 heteroatoms. The molecule has 1 aromatic heterocycles. The molecule has 0 spiro atoms. The number of halogens is 3. The van der Waals surface area contributed by atoms with Crippen LogP contribution in [0.25, 0.3) is 0 Å². The van der Waals surface area contributed by atoms with Crippen molar-refractivity contribution in [3.8, 4) is 0 Å². The molecule has 0 aromatic carbocycles. The van der Waals surface area contributed by atoms with Crippen LogP contribution < -0.4 is 51.4 Å². The minimum atomic E-state index is -4.68. The van der Waals surface area contributed by atoms with Gasteiger partial charge in [-0.05, 0) is 5.65 Å². The summed E-state index contributed by atoms with van der Waals surface area (Å²) < 4.78 is 35.5. The van der Waals surface area contributed by atoms with Gasteiger partial charge in [0.1, 0.15) is 4.34 Å². The van der Waals surface area contributed by atoms with E-state index in [1.54, 1.807) is 5.38 Å². The number of hydrogen-bond acceptors (Lipinski definition) is 3.